The quantitative estimate of drug-likeness (QED) is 0.786. The largest absolute Gasteiger partial charge is 0.367 e. The van der Waals surface area contributed by atoms with Gasteiger partial charge in [-0.2, -0.15) is 0 Å². The molecule has 0 saturated heterocycles. The highest BCUT2D eigenvalue weighted by atomic mass is 32.1. The molecule has 0 amide bonds. The maximum Gasteiger partial charge on any atom is 0.240 e. The van der Waals surface area contributed by atoms with E-state index in [2.05, 4.69) is 27.0 Å². The normalized spacial score (nSPS) is 20.1. The molecule has 2 aromatic heterocycles. The summed E-state index contributed by atoms with van der Waals surface area (Å²) < 4.78 is 1.73. The number of hydrogen-bond donors (Lipinski definition) is 1. The predicted octanol–water partition coefficient (Wildman–Crippen LogP) is 1.24. The van der Waals surface area contributed by atoms with Gasteiger partial charge in [0.05, 0.1) is 6.04 Å². The lowest BCUT2D eigenvalue weighted by Gasteiger charge is -2.22. The van der Waals surface area contributed by atoms with Gasteiger partial charge < -0.3 is 5.73 Å². The SMILES string of the molecule is Nc1nnnn1C1CCCc2sccc21. The zero-order valence-electron chi connectivity index (χ0n) is 8.13. The fraction of sp³-hybridized carbons (Fsp3) is 0.444. The summed E-state index contributed by atoms with van der Waals surface area (Å²) in [6.45, 7) is 0. The zero-order chi connectivity index (χ0) is 10.3. The number of hydrogen-bond acceptors (Lipinski definition) is 5. The molecular weight excluding hydrogens is 210 g/mol. The van der Waals surface area contributed by atoms with Gasteiger partial charge in [0.1, 0.15) is 0 Å². The smallest absolute Gasteiger partial charge is 0.240 e. The van der Waals surface area contributed by atoms with E-state index >= 15 is 0 Å². The molecule has 0 spiro atoms. The van der Waals surface area contributed by atoms with Crippen molar-refractivity contribution in [1.82, 2.24) is 20.2 Å². The van der Waals surface area contributed by atoms with Crippen molar-refractivity contribution in [2.75, 3.05) is 5.73 Å². The number of thiophene rings is 1. The average Bonchev–Trinajstić information content (AvgIpc) is 2.85. The standard InChI is InChI=1S/C9H11N5S/c10-9-11-12-13-14(9)7-2-1-3-8-6(7)4-5-15-8/h4-5,7H,1-3H2,(H2,10,11,13). The van der Waals surface area contributed by atoms with E-state index in [0.29, 0.717) is 5.95 Å². The first-order valence-electron chi connectivity index (χ1n) is 4.96. The first kappa shape index (κ1) is 8.84. The Morgan fingerprint density at radius 2 is 2.47 bits per heavy atom. The van der Waals surface area contributed by atoms with E-state index in [1.54, 1.807) is 4.68 Å². The van der Waals surface area contributed by atoms with E-state index in [1.165, 1.54) is 23.3 Å². The summed E-state index contributed by atoms with van der Waals surface area (Å²) in [6, 6.07) is 2.39. The molecule has 15 heavy (non-hydrogen) atoms. The highest BCUT2D eigenvalue weighted by molar-refractivity contribution is 7.10. The number of nitrogen functional groups attached to an aromatic ring is 1. The Bertz CT molecular complexity index is 474. The van der Waals surface area contributed by atoms with Crippen molar-refractivity contribution in [3.63, 3.8) is 0 Å². The van der Waals surface area contributed by atoms with E-state index in [9.17, 15) is 0 Å². The molecule has 0 aliphatic heterocycles. The number of nitrogens with two attached hydrogens (primary N) is 1. The summed E-state index contributed by atoms with van der Waals surface area (Å²) in [7, 11) is 0. The van der Waals surface area contributed by atoms with Gasteiger partial charge in [-0.15, -0.1) is 11.3 Å². The van der Waals surface area contributed by atoms with E-state index in [-0.39, 0.29) is 6.04 Å². The van der Waals surface area contributed by atoms with Crippen molar-refractivity contribution in [2.45, 2.75) is 25.3 Å². The van der Waals surface area contributed by atoms with Crippen molar-refractivity contribution in [3.05, 3.63) is 21.9 Å². The Kier molecular flexibility index (Phi) is 1.95. The van der Waals surface area contributed by atoms with Crippen molar-refractivity contribution in [2.24, 2.45) is 0 Å². The van der Waals surface area contributed by atoms with Crippen LogP contribution >= 0.6 is 11.3 Å². The molecule has 78 valence electrons. The molecular formula is C9H11N5S. The molecule has 2 N–H and O–H groups in total. The number of anilines is 1. The van der Waals surface area contributed by atoms with Crippen LogP contribution in [0, 0.1) is 0 Å². The summed E-state index contributed by atoms with van der Waals surface area (Å²) in [5.41, 5.74) is 7.07. The minimum Gasteiger partial charge on any atom is -0.367 e. The molecule has 5 nitrogen and oxygen atoms in total. The van der Waals surface area contributed by atoms with E-state index in [0.717, 1.165) is 6.42 Å². The van der Waals surface area contributed by atoms with Crippen LogP contribution in [0.1, 0.15) is 29.3 Å². The third kappa shape index (κ3) is 1.32. The minimum absolute atomic E-state index is 0.231. The van der Waals surface area contributed by atoms with Crippen LogP contribution in [0.2, 0.25) is 0 Å². The molecule has 0 bridgehead atoms. The summed E-state index contributed by atoms with van der Waals surface area (Å²) in [6.07, 6.45) is 3.42. The number of rotatable bonds is 1. The second kappa shape index (κ2) is 3.30. The summed E-state index contributed by atoms with van der Waals surface area (Å²) in [5, 5.41) is 13.4. The van der Waals surface area contributed by atoms with Crippen LogP contribution in [0.5, 0.6) is 0 Å². The lowest BCUT2D eigenvalue weighted by Crippen LogP contribution is -2.18. The number of tetrazole rings is 1. The Hall–Kier alpha value is -1.43. The van der Waals surface area contributed by atoms with Crippen LogP contribution in [-0.4, -0.2) is 20.2 Å². The van der Waals surface area contributed by atoms with Crippen molar-refractivity contribution in [3.8, 4) is 0 Å². The molecule has 0 fully saturated rings. The third-order valence-electron chi connectivity index (χ3n) is 2.83. The van der Waals surface area contributed by atoms with Gasteiger partial charge in [0.2, 0.25) is 5.95 Å². The molecule has 6 heteroatoms. The van der Waals surface area contributed by atoms with Gasteiger partial charge in [-0.3, -0.25) is 0 Å². The maximum absolute atomic E-state index is 5.73. The molecule has 1 atom stereocenters. The lowest BCUT2D eigenvalue weighted by molar-refractivity contribution is 0.449. The predicted molar refractivity (Wildman–Crippen MR) is 57.6 cm³/mol. The lowest BCUT2D eigenvalue weighted by atomic mass is 9.94. The summed E-state index contributed by atoms with van der Waals surface area (Å²) >= 11 is 1.81. The molecule has 1 unspecified atom stereocenters. The first-order chi connectivity index (χ1) is 7.36. The van der Waals surface area contributed by atoms with Crippen molar-refractivity contribution >= 4 is 17.3 Å². The van der Waals surface area contributed by atoms with E-state index in [1.807, 2.05) is 11.3 Å². The molecule has 0 aromatic carbocycles. The van der Waals surface area contributed by atoms with Crippen molar-refractivity contribution < 1.29 is 0 Å². The Morgan fingerprint density at radius 3 is 3.27 bits per heavy atom. The number of aromatic nitrogens is 4. The minimum atomic E-state index is 0.231. The van der Waals surface area contributed by atoms with Crippen LogP contribution in [-0.2, 0) is 6.42 Å². The van der Waals surface area contributed by atoms with Gasteiger partial charge in [-0.1, -0.05) is 5.10 Å². The van der Waals surface area contributed by atoms with Crippen molar-refractivity contribution in [1.29, 1.82) is 0 Å². The fourth-order valence-corrected chi connectivity index (χ4v) is 3.12. The number of aryl methyl sites for hydroxylation is 1. The molecule has 2 heterocycles. The number of fused-ring (bicyclic) bond motifs is 1. The first-order valence-corrected chi connectivity index (χ1v) is 5.84. The van der Waals surface area contributed by atoms with Gasteiger partial charge >= 0.3 is 0 Å². The second-order valence-electron chi connectivity index (χ2n) is 3.69. The highest BCUT2D eigenvalue weighted by Crippen LogP contribution is 2.35. The van der Waals surface area contributed by atoms with Crippen LogP contribution in [0.15, 0.2) is 11.4 Å². The highest BCUT2D eigenvalue weighted by Gasteiger charge is 2.25. The Morgan fingerprint density at radius 1 is 1.53 bits per heavy atom. The van der Waals surface area contributed by atoms with E-state index in [4.69, 9.17) is 5.73 Å². The molecule has 2 aromatic rings. The Labute approximate surface area is 90.9 Å². The second-order valence-corrected chi connectivity index (χ2v) is 4.69. The summed E-state index contributed by atoms with van der Waals surface area (Å²) in [4.78, 5) is 1.45. The van der Waals surface area contributed by atoms with Crippen LogP contribution in [0.25, 0.3) is 0 Å². The van der Waals surface area contributed by atoms with Gasteiger partial charge in [0.15, 0.2) is 0 Å². The molecule has 1 aliphatic carbocycles. The fourth-order valence-electron chi connectivity index (χ4n) is 2.14. The summed E-state index contributed by atoms with van der Waals surface area (Å²) in [5.74, 6) is 0.402. The topological polar surface area (TPSA) is 69.6 Å². The maximum atomic E-state index is 5.73. The van der Waals surface area contributed by atoms with Gasteiger partial charge in [-0.25, -0.2) is 4.68 Å². The van der Waals surface area contributed by atoms with Gasteiger partial charge in [0.25, 0.3) is 0 Å². The van der Waals surface area contributed by atoms with Crippen LogP contribution in [0.4, 0.5) is 5.95 Å². The molecule has 3 rings (SSSR count). The van der Waals surface area contributed by atoms with Gasteiger partial charge in [-0.05, 0) is 46.7 Å². The third-order valence-corrected chi connectivity index (χ3v) is 3.83. The molecule has 0 saturated carbocycles. The molecule has 1 aliphatic rings. The van der Waals surface area contributed by atoms with E-state index < -0.39 is 0 Å². The van der Waals surface area contributed by atoms with Crippen LogP contribution < -0.4 is 5.73 Å². The molecule has 0 radical (unpaired) electrons. The Balaban J connectivity index is 2.07. The monoisotopic (exact) mass is 221 g/mol. The average molecular weight is 221 g/mol. The zero-order valence-corrected chi connectivity index (χ0v) is 8.94. The van der Waals surface area contributed by atoms with Crippen LogP contribution in [0.3, 0.4) is 0 Å². The van der Waals surface area contributed by atoms with Gasteiger partial charge in [0, 0.05) is 4.88 Å². The number of nitrogens with zero attached hydrogens (tertiary/aromatic N) is 4.